The minimum Gasteiger partial charge on any atom is -0.354 e. The van der Waals surface area contributed by atoms with Crippen molar-refractivity contribution in [3.8, 4) is 11.3 Å². The Morgan fingerprint density at radius 2 is 1.93 bits per heavy atom. The van der Waals surface area contributed by atoms with Crippen LogP contribution in [0.2, 0.25) is 0 Å². The van der Waals surface area contributed by atoms with E-state index in [-0.39, 0.29) is 17.8 Å². The van der Waals surface area contributed by atoms with Crippen LogP contribution in [-0.2, 0) is 6.18 Å². The number of hydrogen-bond acceptors (Lipinski definition) is 5. The van der Waals surface area contributed by atoms with Crippen molar-refractivity contribution in [2.75, 3.05) is 43.4 Å². The number of urea groups is 1. The Kier molecular flexibility index (Phi) is 4.81. The first-order valence-electron chi connectivity index (χ1n) is 9.34. The molecule has 2 aliphatic rings. The summed E-state index contributed by atoms with van der Waals surface area (Å²) in [7, 11) is 1.63. The van der Waals surface area contributed by atoms with Gasteiger partial charge in [0.25, 0.3) is 0 Å². The van der Waals surface area contributed by atoms with Crippen molar-refractivity contribution in [1.82, 2.24) is 20.2 Å². The molecule has 4 heterocycles. The SMILES string of the molecule is C[C@@H]1c2c(-c3cc(C(F)(F)F)cc(N4CCNCC4)n3)ccnc2NC(=O)N1C. The van der Waals surface area contributed by atoms with Crippen LogP contribution in [0.25, 0.3) is 11.3 Å². The summed E-state index contributed by atoms with van der Waals surface area (Å²) >= 11 is 0. The Balaban J connectivity index is 1.87. The quantitative estimate of drug-likeness (QED) is 0.802. The Morgan fingerprint density at radius 1 is 1.21 bits per heavy atom. The van der Waals surface area contributed by atoms with Gasteiger partial charge in [0.15, 0.2) is 0 Å². The molecule has 4 rings (SSSR count). The molecule has 0 unspecified atom stereocenters. The van der Waals surface area contributed by atoms with E-state index in [2.05, 4.69) is 20.6 Å². The third kappa shape index (κ3) is 3.59. The number of carbonyl (C=O) groups excluding carboxylic acids is 1. The maximum absolute atomic E-state index is 13.6. The van der Waals surface area contributed by atoms with Crippen LogP contribution >= 0.6 is 0 Å². The Morgan fingerprint density at radius 3 is 2.62 bits per heavy atom. The lowest BCUT2D eigenvalue weighted by molar-refractivity contribution is -0.137. The Labute approximate surface area is 165 Å². The van der Waals surface area contributed by atoms with Crippen LogP contribution in [0.15, 0.2) is 24.4 Å². The zero-order chi connectivity index (χ0) is 20.8. The number of alkyl halides is 3. The molecule has 2 aliphatic heterocycles. The molecular formula is C19H21F3N6O. The average molecular weight is 406 g/mol. The smallest absolute Gasteiger partial charge is 0.354 e. The fourth-order valence-corrected chi connectivity index (χ4v) is 3.65. The molecule has 2 aromatic rings. The van der Waals surface area contributed by atoms with Crippen LogP contribution in [0.4, 0.5) is 29.6 Å². The highest BCUT2D eigenvalue weighted by Gasteiger charge is 2.34. The van der Waals surface area contributed by atoms with Crippen LogP contribution in [-0.4, -0.2) is 54.1 Å². The molecule has 0 saturated carbocycles. The van der Waals surface area contributed by atoms with E-state index in [0.717, 1.165) is 12.1 Å². The van der Waals surface area contributed by atoms with E-state index >= 15 is 0 Å². The van der Waals surface area contributed by atoms with Gasteiger partial charge in [0, 0.05) is 50.6 Å². The highest BCUT2D eigenvalue weighted by Crippen LogP contribution is 2.40. The topological polar surface area (TPSA) is 73.4 Å². The van der Waals surface area contributed by atoms with E-state index in [9.17, 15) is 18.0 Å². The maximum atomic E-state index is 13.6. The van der Waals surface area contributed by atoms with Crippen LogP contribution in [0.5, 0.6) is 0 Å². The van der Waals surface area contributed by atoms with Gasteiger partial charge in [-0.1, -0.05) is 0 Å². The molecular weight excluding hydrogens is 385 g/mol. The molecule has 2 N–H and O–H groups in total. The average Bonchev–Trinajstić information content (AvgIpc) is 2.71. The van der Waals surface area contributed by atoms with Gasteiger partial charge in [-0.15, -0.1) is 0 Å². The first-order valence-corrected chi connectivity index (χ1v) is 9.34. The van der Waals surface area contributed by atoms with Gasteiger partial charge in [-0.3, -0.25) is 5.32 Å². The van der Waals surface area contributed by atoms with E-state index in [1.807, 2.05) is 11.8 Å². The van der Waals surface area contributed by atoms with E-state index in [0.29, 0.717) is 48.9 Å². The number of rotatable bonds is 2. The van der Waals surface area contributed by atoms with Crippen molar-refractivity contribution < 1.29 is 18.0 Å². The number of amides is 2. The highest BCUT2D eigenvalue weighted by atomic mass is 19.4. The number of piperazine rings is 1. The second kappa shape index (κ2) is 7.18. The predicted octanol–water partition coefficient (Wildman–Crippen LogP) is 3.11. The van der Waals surface area contributed by atoms with E-state index in [1.165, 1.54) is 11.1 Å². The van der Waals surface area contributed by atoms with Crippen LogP contribution < -0.4 is 15.5 Å². The van der Waals surface area contributed by atoms with Crippen molar-refractivity contribution in [3.05, 3.63) is 35.5 Å². The molecule has 154 valence electrons. The number of nitrogens with one attached hydrogen (secondary N) is 2. The Bertz CT molecular complexity index is 942. The normalized spacial score (nSPS) is 19.8. The monoisotopic (exact) mass is 406 g/mol. The van der Waals surface area contributed by atoms with E-state index in [4.69, 9.17) is 0 Å². The fraction of sp³-hybridized carbons (Fsp3) is 0.421. The third-order valence-corrected chi connectivity index (χ3v) is 5.39. The number of nitrogens with zero attached hydrogens (tertiary/aromatic N) is 4. The number of fused-ring (bicyclic) bond motifs is 1. The molecule has 0 radical (unpaired) electrons. The molecule has 0 aliphatic carbocycles. The van der Waals surface area contributed by atoms with Crippen LogP contribution in [0.1, 0.15) is 24.1 Å². The minimum absolute atomic E-state index is 0.211. The lowest BCUT2D eigenvalue weighted by Crippen LogP contribution is -2.44. The summed E-state index contributed by atoms with van der Waals surface area (Å²) in [5, 5.41) is 5.87. The summed E-state index contributed by atoms with van der Waals surface area (Å²) < 4.78 is 40.9. The van der Waals surface area contributed by atoms with Gasteiger partial charge >= 0.3 is 12.2 Å². The summed E-state index contributed by atoms with van der Waals surface area (Å²) in [4.78, 5) is 24.2. The summed E-state index contributed by atoms with van der Waals surface area (Å²) in [6.07, 6.45) is -3.02. The zero-order valence-electron chi connectivity index (χ0n) is 16.0. The molecule has 10 heteroatoms. The summed E-state index contributed by atoms with van der Waals surface area (Å²) in [6, 6.07) is 3.13. The molecule has 0 aromatic carbocycles. The standard InChI is InChI=1S/C19H21F3N6O/c1-11-16-13(3-4-24-17(16)26-18(29)27(11)2)14-9-12(19(20,21)22)10-15(25-14)28-7-5-23-6-8-28/h3-4,9-11,23H,5-8H2,1-2H3,(H,24,26,29)/t11-/m1/s1. The van der Waals surface area contributed by atoms with Gasteiger partial charge < -0.3 is 15.1 Å². The summed E-state index contributed by atoms with van der Waals surface area (Å²) in [5.41, 5.74) is 0.635. The van der Waals surface area contributed by atoms with Gasteiger partial charge in [0.1, 0.15) is 11.6 Å². The molecule has 2 amide bonds. The molecule has 0 bridgehead atoms. The first kappa shape index (κ1) is 19.4. The molecule has 1 atom stereocenters. The predicted molar refractivity (Wildman–Crippen MR) is 103 cm³/mol. The second-order valence-electron chi connectivity index (χ2n) is 7.17. The second-order valence-corrected chi connectivity index (χ2v) is 7.17. The van der Waals surface area contributed by atoms with E-state index in [1.54, 1.807) is 13.1 Å². The van der Waals surface area contributed by atoms with Crippen molar-refractivity contribution >= 4 is 17.7 Å². The van der Waals surface area contributed by atoms with Crippen molar-refractivity contribution in [3.63, 3.8) is 0 Å². The Hall–Kier alpha value is -2.88. The number of pyridine rings is 2. The van der Waals surface area contributed by atoms with Gasteiger partial charge in [-0.2, -0.15) is 13.2 Å². The molecule has 7 nitrogen and oxygen atoms in total. The highest BCUT2D eigenvalue weighted by molar-refractivity contribution is 5.93. The molecule has 2 aromatic heterocycles. The van der Waals surface area contributed by atoms with Gasteiger partial charge in [0.2, 0.25) is 0 Å². The van der Waals surface area contributed by atoms with Crippen molar-refractivity contribution in [1.29, 1.82) is 0 Å². The number of hydrogen-bond donors (Lipinski definition) is 2. The van der Waals surface area contributed by atoms with Crippen LogP contribution in [0.3, 0.4) is 0 Å². The van der Waals surface area contributed by atoms with Crippen LogP contribution in [0, 0.1) is 0 Å². The largest absolute Gasteiger partial charge is 0.416 e. The molecule has 29 heavy (non-hydrogen) atoms. The number of halogens is 3. The maximum Gasteiger partial charge on any atom is 0.416 e. The lowest BCUT2D eigenvalue weighted by Gasteiger charge is -2.33. The molecule has 1 saturated heterocycles. The van der Waals surface area contributed by atoms with E-state index < -0.39 is 11.7 Å². The van der Waals surface area contributed by atoms with Gasteiger partial charge in [-0.05, 0) is 25.1 Å². The molecule has 0 spiro atoms. The summed E-state index contributed by atoms with van der Waals surface area (Å²) in [5.74, 6) is 0.642. The lowest BCUT2D eigenvalue weighted by atomic mass is 9.96. The molecule has 1 fully saturated rings. The van der Waals surface area contributed by atoms with Gasteiger partial charge in [-0.25, -0.2) is 14.8 Å². The van der Waals surface area contributed by atoms with Crippen molar-refractivity contribution in [2.24, 2.45) is 0 Å². The summed E-state index contributed by atoms with van der Waals surface area (Å²) in [6.45, 7) is 4.35. The minimum atomic E-state index is -4.50. The number of carbonyl (C=O) groups is 1. The first-order chi connectivity index (χ1) is 13.8. The fourth-order valence-electron chi connectivity index (χ4n) is 3.65. The number of aromatic nitrogens is 2. The third-order valence-electron chi connectivity index (χ3n) is 5.39. The van der Waals surface area contributed by atoms with Gasteiger partial charge in [0.05, 0.1) is 17.3 Å². The zero-order valence-corrected chi connectivity index (χ0v) is 16.0. The van der Waals surface area contributed by atoms with Crippen molar-refractivity contribution in [2.45, 2.75) is 19.1 Å². The number of anilines is 2.